The molecule has 1 heterocycles. The Kier molecular flexibility index (Phi) is 8.71. The van der Waals surface area contributed by atoms with Gasteiger partial charge in [-0.15, -0.1) is 0 Å². The molecule has 0 spiro atoms. The van der Waals surface area contributed by atoms with Gasteiger partial charge in [0.1, 0.15) is 11.7 Å². The second-order valence-electron chi connectivity index (χ2n) is 9.38. The summed E-state index contributed by atoms with van der Waals surface area (Å²) in [6, 6.07) is 36.1. The lowest BCUT2D eigenvalue weighted by atomic mass is 9.96. The number of nitrogens with one attached hydrogen (secondary N) is 1. The third-order valence-electron chi connectivity index (χ3n) is 6.87. The summed E-state index contributed by atoms with van der Waals surface area (Å²) < 4.78 is 0.978. The van der Waals surface area contributed by atoms with Crippen LogP contribution in [0, 0.1) is 0 Å². The maximum Gasteiger partial charge on any atom is 0.169 e. The van der Waals surface area contributed by atoms with Crippen molar-refractivity contribution >= 4 is 49.1 Å². The first kappa shape index (κ1) is 28.0. The zero-order chi connectivity index (χ0) is 28.8. The number of benzene rings is 5. The third kappa shape index (κ3) is 5.98. The summed E-state index contributed by atoms with van der Waals surface area (Å²) in [6.07, 6.45) is 4.99. The molecule has 0 amide bonds. The van der Waals surface area contributed by atoms with Gasteiger partial charge < -0.3 is 5.32 Å². The van der Waals surface area contributed by atoms with Gasteiger partial charge in [-0.25, -0.2) is 9.98 Å². The van der Waals surface area contributed by atoms with Gasteiger partial charge in [-0.1, -0.05) is 140 Å². The minimum atomic E-state index is -0.426. The summed E-state index contributed by atoms with van der Waals surface area (Å²) in [4.78, 5) is 10.0. The average Bonchev–Trinajstić information content (AvgIpc) is 3.04. The summed E-state index contributed by atoms with van der Waals surface area (Å²) in [5.74, 6) is 1.48. The van der Waals surface area contributed by atoms with Crippen molar-refractivity contribution in [1.29, 1.82) is 0 Å². The van der Waals surface area contributed by atoms with Gasteiger partial charge in [-0.05, 0) is 56.9 Å². The Morgan fingerprint density at radius 1 is 0.732 bits per heavy atom. The average molecular weight is 599 g/mol. The molecular weight excluding hydrogens is 566 g/mol. The number of aliphatic imine (C=N–C) groups is 2. The number of fused-ring (bicyclic) bond motifs is 3. The molecule has 202 valence electrons. The smallest absolute Gasteiger partial charge is 0.169 e. The van der Waals surface area contributed by atoms with Crippen molar-refractivity contribution in [3.8, 4) is 11.1 Å². The lowest BCUT2D eigenvalue weighted by Gasteiger charge is -2.23. The van der Waals surface area contributed by atoms with E-state index in [4.69, 9.17) is 9.98 Å². The van der Waals surface area contributed by atoms with Crippen molar-refractivity contribution in [2.45, 2.75) is 20.0 Å². The fourth-order valence-corrected chi connectivity index (χ4v) is 5.49. The van der Waals surface area contributed by atoms with Crippen molar-refractivity contribution in [2.24, 2.45) is 9.98 Å². The maximum atomic E-state index is 5.02. The number of hydrogen-bond donors (Lipinski definition) is 1. The molecule has 0 aromatic heterocycles. The molecule has 5 aromatic carbocycles. The van der Waals surface area contributed by atoms with Crippen molar-refractivity contribution in [3.63, 3.8) is 0 Å². The lowest BCUT2D eigenvalue weighted by Crippen LogP contribution is -2.36. The summed E-state index contributed by atoms with van der Waals surface area (Å²) in [5.41, 5.74) is 5.09. The van der Waals surface area contributed by atoms with E-state index in [-0.39, 0.29) is 0 Å². The van der Waals surface area contributed by atoms with Crippen molar-refractivity contribution in [1.82, 2.24) is 5.32 Å². The summed E-state index contributed by atoms with van der Waals surface area (Å²) in [5, 5.41) is 8.38. The lowest BCUT2D eigenvalue weighted by molar-refractivity contribution is 0.755. The number of halogens is 1. The molecule has 5 aromatic rings. The number of amidine groups is 2. The molecule has 0 saturated carbocycles. The summed E-state index contributed by atoms with van der Waals surface area (Å²) >= 11 is 3.75. The molecule has 3 nitrogen and oxygen atoms in total. The van der Waals surface area contributed by atoms with E-state index in [0.29, 0.717) is 5.84 Å². The highest BCUT2D eigenvalue weighted by atomic mass is 79.9. The Morgan fingerprint density at radius 3 is 2.24 bits per heavy atom. The third-order valence-corrected chi connectivity index (χ3v) is 7.33. The monoisotopic (exact) mass is 597 g/mol. The zero-order valence-corrected chi connectivity index (χ0v) is 24.9. The van der Waals surface area contributed by atoms with Crippen LogP contribution in [0.5, 0.6) is 0 Å². The van der Waals surface area contributed by atoms with Crippen LogP contribution >= 0.6 is 15.9 Å². The van der Waals surface area contributed by atoms with Crippen molar-refractivity contribution in [2.75, 3.05) is 0 Å². The van der Waals surface area contributed by atoms with Crippen LogP contribution in [0.4, 0.5) is 0 Å². The number of allylic oxidation sites excluding steroid dienone is 2. The fourth-order valence-electron chi connectivity index (χ4n) is 4.98. The van der Waals surface area contributed by atoms with Gasteiger partial charge >= 0.3 is 0 Å². The van der Waals surface area contributed by atoms with Crippen LogP contribution in [0.1, 0.15) is 31.1 Å². The van der Waals surface area contributed by atoms with E-state index >= 15 is 0 Å². The summed E-state index contributed by atoms with van der Waals surface area (Å²) in [6.45, 7) is 11.8. The van der Waals surface area contributed by atoms with Crippen LogP contribution in [-0.4, -0.2) is 11.7 Å². The first-order valence-corrected chi connectivity index (χ1v) is 14.6. The molecule has 1 atom stereocenters. The van der Waals surface area contributed by atoms with Gasteiger partial charge in [-0.3, -0.25) is 0 Å². The van der Waals surface area contributed by atoms with Crippen molar-refractivity contribution in [3.05, 3.63) is 156 Å². The number of hydrogen-bond acceptors (Lipinski definition) is 3. The molecule has 0 radical (unpaired) electrons. The highest BCUT2D eigenvalue weighted by molar-refractivity contribution is 9.10. The van der Waals surface area contributed by atoms with Crippen LogP contribution in [0.3, 0.4) is 0 Å². The maximum absolute atomic E-state index is 5.02. The van der Waals surface area contributed by atoms with Gasteiger partial charge in [0.05, 0.1) is 0 Å². The first-order chi connectivity index (χ1) is 20.1. The van der Waals surface area contributed by atoms with E-state index < -0.39 is 6.17 Å². The van der Waals surface area contributed by atoms with Crippen LogP contribution < -0.4 is 5.32 Å². The van der Waals surface area contributed by atoms with Crippen LogP contribution in [-0.2, 0) is 0 Å². The molecule has 1 unspecified atom stereocenters. The van der Waals surface area contributed by atoms with Gasteiger partial charge in [0, 0.05) is 21.2 Å². The van der Waals surface area contributed by atoms with E-state index in [1.807, 2.05) is 50.3 Å². The van der Waals surface area contributed by atoms with Crippen molar-refractivity contribution < 1.29 is 0 Å². The number of nitrogens with zero attached hydrogens (tertiary/aromatic N) is 2. The highest BCUT2D eigenvalue weighted by Gasteiger charge is 2.21. The molecule has 41 heavy (non-hydrogen) atoms. The summed E-state index contributed by atoms with van der Waals surface area (Å²) in [7, 11) is 0. The molecule has 0 fully saturated rings. The molecule has 0 bridgehead atoms. The van der Waals surface area contributed by atoms with Crippen LogP contribution in [0.25, 0.3) is 32.7 Å². The highest BCUT2D eigenvalue weighted by Crippen LogP contribution is 2.34. The molecule has 6 rings (SSSR count). The van der Waals surface area contributed by atoms with Gasteiger partial charge in [0.15, 0.2) is 6.17 Å². The SMILES string of the molecule is C=C/C=C(\C=C)C1=NC(c2cc(Br)cc(-c3ccc4c(ccc5ccccc54)c3)c2)N=C(c2ccccc2)N1.CC. The Morgan fingerprint density at radius 2 is 1.46 bits per heavy atom. The van der Waals surface area contributed by atoms with E-state index in [1.54, 1.807) is 12.2 Å². The molecular formula is C37H32BrN3. The normalized spacial score (nSPS) is 14.8. The van der Waals surface area contributed by atoms with Gasteiger partial charge in [0.2, 0.25) is 0 Å². The Labute approximate surface area is 250 Å². The van der Waals surface area contributed by atoms with Gasteiger partial charge in [0.25, 0.3) is 0 Å². The molecule has 1 aliphatic rings. The standard InChI is InChI=1S/C35H26BrN3.C2H6/c1-3-10-23(4-2)33-37-34(25-12-6-5-7-13-25)39-35(38-33)29-20-28(21-30(36)22-29)26-17-18-32-27(19-26)16-15-24-11-8-9-14-31(24)32;1-2/h3-22,35H,1-2H2,(H,37,38,39);1-2H3/b23-10+;. The molecule has 0 saturated heterocycles. The largest absolute Gasteiger partial charge is 0.324 e. The Bertz CT molecular complexity index is 1830. The van der Waals surface area contributed by atoms with E-state index in [0.717, 1.165) is 38.1 Å². The molecule has 1 aliphatic heterocycles. The van der Waals surface area contributed by atoms with Gasteiger partial charge in [-0.2, -0.15) is 0 Å². The zero-order valence-electron chi connectivity index (χ0n) is 23.3. The Balaban J connectivity index is 0.00000165. The minimum Gasteiger partial charge on any atom is -0.324 e. The second kappa shape index (κ2) is 12.8. The topological polar surface area (TPSA) is 36.8 Å². The second-order valence-corrected chi connectivity index (χ2v) is 10.3. The van der Waals surface area contributed by atoms with Crippen LogP contribution in [0.15, 0.2) is 155 Å². The van der Waals surface area contributed by atoms with E-state index in [1.165, 1.54) is 21.5 Å². The van der Waals surface area contributed by atoms with E-state index in [2.05, 4.69) is 107 Å². The molecule has 4 heteroatoms. The van der Waals surface area contributed by atoms with E-state index in [9.17, 15) is 0 Å². The van der Waals surface area contributed by atoms with Crippen LogP contribution in [0.2, 0.25) is 0 Å². The number of rotatable bonds is 6. The predicted molar refractivity (Wildman–Crippen MR) is 181 cm³/mol. The quantitative estimate of drug-likeness (QED) is 0.153. The molecule has 1 N–H and O–H groups in total. The predicted octanol–water partition coefficient (Wildman–Crippen LogP) is 10.2. The molecule has 0 aliphatic carbocycles. The Hall–Kier alpha value is -4.54. The minimum absolute atomic E-state index is 0.426. The first-order valence-electron chi connectivity index (χ1n) is 13.8. The fraction of sp³-hybridized carbons (Fsp3) is 0.0811.